The molecule has 6 heteroatoms. The van der Waals surface area contributed by atoms with Gasteiger partial charge in [0.1, 0.15) is 5.82 Å². The van der Waals surface area contributed by atoms with E-state index in [9.17, 15) is 9.59 Å². The third-order valence-corrected chi connectivity index (χ3v) is 4.61. The Hall–Kier alpha value is -3.15. The monoisotopic (exact) mass is 349 g/mol. The Balaban J connectivity index is 2.03. The van der Waals surface area contributed by atoms with Gasteiger partial charge in [-0.3, -0.25) is 14.3 Å². The summed E-state index contributed by atoms with van der Waals surface area (Å²) < 4.78 is 6.87. The number of carbonyl (C=O) groups is 1. The molecule has 0 saturated carbocycles. The molecule has 1 aliphatic rings. The standard InChI is InChI=1S/C20H19N3O3/c1-3-26-20(25)22-13(2)12-18-21-15-9-5-4-8-14(15)19(24)23(18)17-11-7-6-10-16(17)22/h4-11,13H,3,12H2,1-2H3. The molecule has 0 fully saturated rings. The van der Waals surface area contributed by atoms with Crippen molar-refractivity contribution in [1.29, 1.82) is 0 Å². The highest BCUT2D eigenvalue weighted by Crippen LogP contribution is 2.31. The van der Waals surface area contributed by atoms with E-state index in [1.807, 2.05) is 49.4 Å². The molecular formula is C20H19N3O3. The number of aromatic nitrogens is 2. The van der Waals surface area contributed by atoms with Gasteiger partial charge in [-0.15, -0.1) is 0 Å². The summed E-state index contributed by atoms with van der Waals surface area (Å²) in [6.07, 6.45) is 0.0333. The predicted molar refractivity (Wildman–Crippen MR) is 100 cm³/mol. The van der Waals surface area contributed by atoms with Crippen molar-refractivity contribution >= 4 is 22.7 Å². The van der Waals surface area contributed by atoms with Crippen molar-refractivity contribution in [2.75, 3.05) is 11.5 Å². The molecule has 132 valence electrons. The minimum Gasteiger partial charge on any atom is -0.449 e. The van der Waals surface area contributed by atoms with Crippen LogP contribution in [0.1, 0.15) is 19.7 Å². The van der Waals surface area contributed by atoms with E-state index in [4.69, 9.17) is 9.72 Å². The molecule has 0 saturated heterocycles. The van der Waals surface area contributed by atoms with Gasteiger partial charge in [0, 0.05) is 12.5 Å². The maximum Gasteiger partial charge on any atom is 0.414 e. The lowest BCUT2D eigenvalue weighted by atomic mass is 10.2. The second-order valence-corrected chi connectivity index (χ2v) is 6.30. The molecule has 6 nitrogen and oxygen atoms in total. The molecule has 0 bridgehead atoms. The Labute approximate surface area is 150 Å². The van der Waals surface area contributed by atoms with E-state index in [0.29, 0.717) is 41.1 Å². The fourth-order valence-corrected chi connectivity index (χ4v) is 3.49. The molecule has 4 rings (SSSR count). The molecule has 26 heavy (non-hydrogen) atoms. The lowest BCUT2D eigenvalue weighted by molar-refractivity contribution is 0.157. The number of para-hydroxylation sites is 3. The maximum absolute atomic E-state index is 13.2. The first-order valence-electron chi connectivity index (χ1n) is 8.68. The molecule has 2 aromatic carbocycles. The first-order chi connectivity index (χ1) is 12.6. The van der Waals surface area contributed by atoms with Gasteiger partial charge in [0.25, 0.3) is 5.56 Å². The van der Waals surface area contributed by atoms with Crippen molar-refractivity contribution in [2.24, 2.45) is 0 Å². The third-order valence-electron chi connectivity index (χ3n) is 4.61. The van der Waals surface area contributed by atoms with Gasteiger partial charge >= 0.3 is 6.09 Å². The summed E-state index contributed by atoms with van der Waals surface area (Å²) in [6, 6.07) is 14.5. The van der Waals surface area contributed by atoms with Crippen LogP contribution in [0.25, 0.3) is 16.6 Å². The molecule has 0 radical (unpaired) electrons. The Kier molecular flexibility index (Phi) is 3.95. The zero-order chi connectivity index (χ0) is 18.3. The normalized spacial score (nSPS) is 15.9. The van der Waals surface area contributed by atoms with Crippen molar-refractivity contribution in [2.45, 2.75) is 26.3 Å². The van der Waals surface area contributed by atoms with Crippen molar-refractivity contribution in [3.63, 3.8) is 0 Å². The highest BCUT2D eigenvalue weighted by Gasteiger charge is 2.31. The van der Waals surface area contributed by atoms with Gasteiger partial charge in [-0.1, -0.05) is 24.3 Å². The summed E-state index contributed by atoms with van der Waals surface area (Å²) in [5.74, 6) is 0.639. The summed E-state index contributed by atoms with van der Waals surface area (Å²) in [5.41, 5.74) is 1.83. The summed E-state index contributed by atoms with van der Waals surface area (Å²) in [6.45, 7) is 4.00. The number of nitrogens with zero attached hydrogens (tertiary/aromatic N) is 3. The van der Waals surface area contributed by atoms with Crippen LogP contribution in [0.15, 0.2) is 53.3 Å². The molecule has 0 N–H and O–H groups in total. The van der Waals surface area contributed by atoms with Gasteiger partial charge in [-0.2, -0.15) is 0 Å². The van der Waals surface area contributed by atoms with Gasteiger partial charge in [-0.05, 0) is 38.1 Å². The van der Waals surface area contributed by atoms with Crippen molar-refractivity contribution in [3.05, 3.63) is 64.7 Å². The zero-order valence-corrected chi connectivity index (χ0v) is 14.7. The SMILES string of the molecule is CCOC(=O)N1c2ccccc2-n2c(nc3ccccc3c2=O)CC1C. The van der Waals surface area contributed by atoms with Crippen LogP contribution in [0.2, 0.25) is 0 Å². The number of fused-ring (bicyclic) bond motifs is 4. The molecule has 1 aromatic heterocycles. The molecule has 0 spiro atoms. The largest absolute Gasteiger partial charge is 0.449 e. The molecule has 1 amide bonds. The number of anilines is 1. The van der Waals surface area contributed by atoms with Crippen LogP contribution in [-0.2, 0) is 11.2 Å². The Bertz CT molecular complexity index is 1060. The first-order valence-corrected chi connectivity index (χ1v) is 8.68. The highest BCUT2D eigenvalue weighted by molar-refractivity contribution is 5.92. The van der Waals surface area contributed by atoms with E-state index in [0.717, 1.165) is 0 Å². The molecule has 3 aromatic rings. The second-order valence-electron chi connectivity index (χ2n) is 6.30. The van der Waals surface area contributed by atoms with Gasteiger partial charge in [0.05, 0.1) is 28.9 Å². The van der Waals surface area contributed by atoms with Crippen LogP contribution >= 0.6 is 0 Å². The number of hydrogen-bond donors (Lipinski definition) is 0. The van der Waals surface area contributed by atoms with Crippen LogP contribution in [0.5, 0.6) is 0 Å². The topological polar surface area (TPSA) is 64.4 Å². The van der Waals surface area contributed by atoms with E-state index in [1.54, 1.807) is 22.5 Å². The summed E-state index contributed by atoms with van der Waals surface area (Å²) in [5, 5.41) is 0.559. The molecule has 1 atom stereocenters. The smallest absolute Gasteiger partial charge is 0.414 e. The minimum atomic E-state index is -0.419. The Morgan fingerprint density at radius 2 is 1.85 bits per heavy atom. The highest BCUT2D eigenvalue weighted by atomic mass is 16.6. The first kappa shape index (κ1) is 16.3. The van der Waals surface area contributed by atoms with Crippen molar-refractivity contribution in [1.82, 2.24) is 9.55 Å². The summed E-state index contributed by atoms with van der Waals surface area (Å²) >= 11 is 0. The molecule has 1 aliphatic heterocycles. The van der Waals surface area contributed by atoms with Gasteiger partial charge in [0.15, 0.2) is 0 Å². The average molecular weight is 349 g/mol. The second kappa shape index (κ2) is 6.29. The number of ether oxygens (including phenoxy) is 1. The summed E-state index contributed by atoms with van der Waals surface area (Å²) in [7, 11) is 0. The van der Waals surface area contributed by atoms with E-state index in [-0.39, 0.29) is 11.6 Å². The quantitative estimate of drug-likeness (QED) is 0.676. The molecule has 2 heterocycles. The van der Waals surface area contributed by atoms with E-state index < -0.39 is 6.09 Å². The number of rotatable bonds is 1. The fourth-order valence-electron chi connectivity index (χ4n) is 3.49. The van der Waals surface area contributed by atoms with E-state index >= 15 is 0 Å². The molecule has 0 aliphatic carbocycles. The van der Waals surface area contributed by atoms with Crippen LogP contribution in [0.4, 0.5) is 10.5 Å². The van der Waals surface area contributed by atoms with Gasteiger partial charge < -0.3 is 4.74 Å². The molecular weight excluding hydrogens is 330 g/mol. The van der Waals surface area contributed by atoms with Crippen LogP contribution in [0, 0.1) is 0 Å². The maximum atomic E-state index is 13.2. The van der Waals surface area contributed by atoms with E-state index in [1.165, 1.54) is 0 Å². The van der Waals surface area contributed by atoms with E-state index in [2.05, 4.69) is 0 Å². The van der Waals surface area contributed by atoms with Gasteiger partial charge in [0.2, 0.25) is 0 Å². The van der Waals surface area contributed by atoms with Crippen molar-refractivity contribution in [3.8, 4) is 5.69 Å². The fraction of sp³-hybridized carbons (Fsp3) is 0.250. The summed E-state index contributed by atoms with van der Waals surface area (Å²) in [4.78, 5) is 32.1. The number of carbonyl (C=O) groups excluding carboxylic acids is 1. The van der Waals surface area contributed by atoms with Crippen LogP contribution in [-0.4, -0.2) is 28.3 Å². The Morgan fingerprint density at radius 1 is 1.15 bits per heavy atom. The predicted octanol–water partition coefficient (Wildman–Crippen LogP) is 3.29. The number of amides is 1. The Morgan fingerprint density at radius 3 is 2.62 bits per heavy atom. The molecule has 1 unspecified atom stereocenters. The number of benzene rings is 2. The minimum absolute atomic E-state index is 0.129. The van der Waals surface area contributed by atoms with Gasteiger partial charge in [-0.25, -0.2) is 9.78 Å². The van der Waals surface area contributed by atoms with Crippen LogP contribution < -0.4 is 10.5 Å². The number of hydrogen-bond acceptors (Lipinski definition) is 4. The third kappa shape index (κ3) is 2.45. The van der Waals surface area contributed by atoms with Crippen molar-refractivity contribution < 1.29 is 9.53 Å². The zero-order valence-electron chi connectivity index (χ0n) is 14.7. The lowest BCUT2D eigenvalue weighted by Gasteiger charge is -2.27. The average Bonchev–Trinajstić information content (AvgIpc) is 2.75. The lowest BCUT2D eigenvalue weighted by Crippen LogP contribution is -2.40. The van der Waals surface area contributed by atoms with Crippen LogP contribution in [0.3, 0.4) is 0 Å².